The number of nitro groups is 1. The Hall–Kier alpha value is -2.96. The molecule has 2 aromatic heterocycles. The first-order chi connectivity index (χ1) is 11.2. The second-order valence-electron chi connectivity index (χ2n) is 5.10. The van der Waals surface area contributed by atoms with Gasteiger partial charge in [0.2, 0.25) is 0 Å². The highest BCUT2D eigenvalue weighted by Crippen LogP contribution is 2.16. The van der Waals surface area contributed by atoms with E-state index in [2.05, 4.69) is 32.8 Å². The summed E-state index contributed by atoms with van der Waals surface area (Å²) >= 11 is 0. The van der Waals surface area contributed by atoms with E-state index in [0.717, 1.165) is 29.8 Å². The first-order valence-electron chi connectivity index (χ1n) is 7.47. The number of imidazole rings is 1. The van der Waals surface area contributed by atoms with E-state index in [1.165, 1.54) is 12.3 Å². The van der Waals surface area contributed by atoms with Gasteiger partial charge in [0.05, 0.1) is 16.0 Å². The van der Waals surface area contributed by atoms with Gasteiger partial charge in [0.25, 0.3) is 5.69 Å². The van der Waals surface area contributed by atoms with E-state index in [-0.39, 0.29) is 5.69 Å². The highest BCUT2D eigenvalue weighted by molar-refractivity contribution is 5.75. The third-order valence-corrected chi connectivity index (χ3v) is 3.66. The van der Waals surface area contributed by atoms with Gasteiger partial charge in [-0.25, -0.2) is 9.97 Å². The molecular weight excluding hydrogens is 294 g/mol. The van der Waals surface area contributed by atoms with Crippen molar-refractivity contribution in [2.24, 2.45) is 0 Å². The normalized spacial score (nSPS) is 10.8. The molecule has 7 nitrogen and oxygen atoms in total. The average molecular weight is 311 g/mol. The lowest BCUT2D eigenvalue weighted by Gasteiger charge is -2.07. The fourth-order valence-electron chi connectivity index (χ4n) is 2.57. The Bertz CT molecular complexity index is 826. The van der Waals surface area contributed by atoms with E-state index in [1.54, 1.807) is 6.07 Å². The number of aromatic nitrogens is 3. The molecule has 0 atom stereocenters. The molecule has 2 heterocycles. The Kier molecular flexibility index (Phi) is 4.18. The Morgan fingerprint density at radius 1 is 1.26 bits per heavy atom. The molecule has 0 saturated carbocycles. The van der Waals surface area contributed by atoms with Gasteiger partial charge in [-0.3, -0.25) is 10.1 Å². The zero-order valence-electron chi connectivity index (χ0n) is 12.8. The molecule has 0 bridgehead atoms. The molecule has 0 unspecified atom stereocenters. The lowest BCUT2D eigenvalue weighted by Crippen LogP contribution is -2.10. The van der Waals surface area contributed by atoms with Gasteiger partial charge in [-0.2, -0.15) is 0 Å². The third-order valence-electron chi connectivity index (χ3n) is 3.66. The van der Waals surface area contributed by atoms with Crippen molar-refractivity contribution in [3.63, 3.8) is 0 Å². The van der Waals surface area contributed by atoms with Crippen LogP contribution in [0.25, 0.3) is 11.0 Å². The molecule has 3 aromatic rings. The maximum absolute atomic E-state index is 10.6. The number of rotatable bonds is 6. The van der Waals surface area contributed by atoms with Crippen LogP contribution in [0.1, 0.15) is 12.7 Å². The summed E-state index contributed by atoms with van der Waals surface area (Å²) in [7, 11) is 0. The van der Waals surface area contributed by atoms with Crippen LogP contribution in [-0.2, 0) is 13.0 Å². The number of nitrogens with zero attached hydrogens (tertiary/aromatic N) is 4. The van der Waals surface area contributed by atoms with Crippen molar-refractivity contribution in [3.05, 3.63) is 58.5 Å². The third kappa shape index (κ3) is 3.13. The summed E-state index contributed by atoms with van der Waals surface area (Å²) in [5.74, 6) is 1.64. The van der Waals surface area contributed by atoms with E-state index in [9.17, 15) is 10.1 Å². The first-order valence-corrected chi connectivity index (χ1v) is 7.47. The predicted molar refractivity (Wildman–Crippen MR) is 88.5 cm³/mol. The topological polar surface area (TPSA) is 85.9 Å². The number of para-hydroxylation sites is 2. The predicted octanol–water partition coefficient (Wildman–Crippen LogP) is 3.01. The molecule has 0 aliphatic heterocycles. The molecule has 0 aliphatic carbocycles. The molecule has 0 aliphatic rings. The van der Waals surface area contributed by atoms with Crippen molar-refractivity contribution < 1.29 is 4.92 Å². The lowest BCUT2D eigenvalue weighted by atomic mass is 10.3. The highest BCUT2D eigenvalue weighted by Gasteiger charge is 2.09. The number of benzene rings is 1. The fraction of sp³-hybridized carbons (Fsp3) is 0.250. The maximum Gasteiger partial charge on any atom is 0.287 e. The largest absolute Gasteiger partial charge is 0.370 e. The second-order valence-corrected chi connectivity index (χ2v) is 5.10. The molecule has 0 radical (unpaired) electrons. The van der Waals surface area contributed by atoms with Crippen LogP contribution >= 0.6 is 0 Å². The van der Waals surface area contributed by atoms with Crippen molar-refractivity contribution in [2.75, 3.05) is 11.9 Å². The monoisotopic (exact) mass is 311 g/mol. The van der Waals surface area contributed by atoms with Gasteiger partial charge in [-0.1, -0.05) is 12.1 Å². The minimum absolute atomic E-state index is 0.0108. The number of fused-ring (bicyclic) bond motifs is 1. The molecule has 0 saturated heterocycles. The van der Waals surface area contributed by atoms with Crippen molar-refractivity contribution in [1.29, 1.82) is 0 Å². The minimum atomic E-state index is -0.458. The number of anilines is 1. The summed E-state index contributed by atoms with van der Waals surface area (Å²) in [4.78, 5) is 18.8. The van der Waals surface area contributed by atoms with Gasteiger partial charge in [0.15, 0.2) is 0 Å². The summed E-state index contributed by atoms with van der Waals surface area (Å²) in [5, 5.41) is 13.8. The van der Waals surface area contributed by atoms with E-state index in [0.29, 0.717) is 12.4 Å². The van der Waals surface area contributed by atoms with E-state index in [4.69, 9.17) is 0 Å². The van der Waals surface area contributed by atoms with Crippen LogP contribution < -0.4 is 5.32 Å². The number of aryl methyl sites for hydroxylation is 1. The van der Waals surface area contributed by atoms with Crippen LogP contribution in [0, 0.1) is 10.1 Å². The van der Waals surface area contributed by atoms with Crippen LogP contribution in [0.2, 0.25) is 0 Å². The number of pyridine rings is 1. The molecule has 7 heteroatoms. The lowest BCUT2D eigenvalue weighted by molar-refractivity contribution is -0.385. The smallest absolute Gasteiger partial charge is 0.287 e. The van der Waals surface area contributed by atoms with Crippen molar-refractivity contribution in [3.8, 4) is 0 Å². The molecule has 1 N–H and O–H groups in total. The van der Waals surface area contributed by atoms with E-state index in [1.807, 2.05) is 18.2 Å². The molecule has 1 aromatic carbocycles. The van der Waals surface area contributed by atoms with Crippen molar-refractivity contribution >= 4 is 22.5 Å². The Morgan fingerprint density at radius 3 is 2.78 bits per heavy atom. The SMILES string of the molecule is CCn1c(CCNc2ccc([N+](=O)[O-])cn2)nc2ccccc21. The zero-order chi connectivity index (χ0) is 16.2. The Balaban J connectivity index is 1.67. The summed E-state index contributed by atoms with van der Waals surface area (Å²) in [6.07, 6.45) is 2.00. The molecule has 0 fully saturated rings. The first kappa shape index (κ1) is 15.0. The quantitative estimate of drug-likeness (QED) is 0.558. The molecule has 0 amide bonds. The summed E-state index contributed by atoms with van der Waals surface area (Å²) in [5.41, 5.74) is 2.12. The van der Waals surface area contributed by atoms with Crippen LogP contribution in [0.3, 0.4) is 0 Å². The van der Waals surface area contributed by atoms with Gasteiger partial charge in [0.1, 0.15) is 17.8 Å². The number of nitrogens with one attached hydrogen (secondary N) is 1. The number of hydrogen-bond donors (Lipinski definition) is 1. The van der Waals surface area contributed by atoms with Crippen LogP contribution in [-0.4, -0.2) is 26.0 Å². The van der Waals surface area contributed by atoms with Gasteiger partial charge in [-0.15, -0.1) is 0 Å². The zero-order valence-corrected chi connectivity index (χ0v) is 12.8. The Labute approximate surface area is 133 Å². The second kappa shape index (κ2) is 6.43. The maximum atomic E-state index is 10.6. The van der Waals surface area contributed by atoms with Gasteiger partial charge in [-0.05, 0) is 25.1 Å². The molecule has 3 rings (SSSR count). The standard InChI is InChI=1S/C16H17N5O2/c1-2-20-14-6-4-3-5-13(14)19-16(20)9-10-17-15-8-7-12(11-18-15)21(22)23/h3-8,11H,2,9-10H2,1H3,(H,17,18). The van der Waals surface area contributed by atoms with Crippen LogP contribution in [0.5, 0.6) is 0 Å². The van der Waals surface area contributed by atoms with Crippen molar-refractivity contribution in [2.45, 2.75) is 19.9 Å². The molecule has 23 heavy (non-hydrogen) atoms. The van der Waals surface area contributed by atoms with E-state index >= 15 is 0 Å². The minimum Gasteiger partial charge on any atom is -0.370 e. The van der Waals surface area contributed by atoms with Gasteiger partial charge < -0.3 is 9.88 Å². The highest BCUT2D eigenvalue weighted by atomic mass is 16.6. The summed E-state index contributed by atoms with van der Waals surface area (Å²) in [6.45, 7) is 3.63. The Morgan fingerprint density at radius 2 is 2.09 bits per heavy atom. The van der Waals surface area contributed by atoms with Gasteiger partial charge in [0, 0.05) is 25.6 Å². The molecule has 118 valence electrons. The van der Waals surface area contributed by atoms with Crippen LogP contribution in [0.15, 0.2) is 42.6 Å². The molecule has 0 spiro atoms. The summed E-state index contributed by atoms with van der Waals surface area (Å²) in [6, 6.07) is 11.1. The molecular formula is C16H17N5O2. The fourth-order valence-corrected chi connectivity index (χ4v) is 2.57. The van der Waals surface area contributed by atoms with Crippen LogP contribution in [0.4, 0.5) is 11.5 Å². The summed E-state index contributed by atoms with van der Waals surface area (Å²) < 4.78 is 2.19. The number of hydrogen-bond acceptors (Lipinski definition) is 5. The average Bonchev–Trinajstić information content (AvgIpc) is 2.92. The van der Waals surface area contributed by atoms with Crippen molar-refractivity contribution in [1.82, 2.24) is 14.5 Å². The van der Waals surface area contributed by atoms with Gasteiger partial charge >= 0.3 is 0 Å². The van der Waals surface area contributed by atoms with E-state index < -0.39 is 4.92 Å².